The zero-order chi connectivity index (χ0) is 20.4. The van der Waals surface area contributed by atoms with Gasteiger partial charge in [0.15, 0.2) is 0 Å². The van der Waals surface area contributed by atoms with Crippen LogP contribution in [-0.2, 0) is 18.4 Å². The summed E-state index contributed by atoms with van der Waals surface area (Å²) in [5.74, 6) is -1.75. The molecule has 8 nitrogen and oxygen atoms in total. The van der Waals surface area contributed by atoms with E-state index in [0.717, 1.165) is 25.5 Å². The molecular weight excluding hydrogens is 377 g/mol. The molecule has 0 amide bonds. The molecule has 2 aromatic heterocycles. The molecule has 2 saturated heterocycles. The second kappa shape index (κ2) is 7.74. The van der Waals surface area contributed by atoms with Crippen molar-refractivity contribution in [1.82, 2.24) is 24.6 Å². The number of aryl methyl sites for hydroxylation is 1. The lowest BCUT2D eigenvalue weighted by atomic mass is 9.83. The zero-order valence-corrected chi connectivity index (χ0v) is 15.3. The van der Waals surface area contributed by atoms with Gasteiger partial charge in [0.25, 0.3) is 0 Å². The summed E-state index contributed by atoms with van der Waals surface area (Å²) in [7, 11) is 1.97. The first-order valence-electron chi connectivity index (χ1n) is 8.73. The number of aliphatic carboxylic acids is 1. The predicted octanol–water partition coefficient (Wildman–Crippen LogP) is 1.70. The van der Waals surface area contributed by atoms with Crippen molar-refractivity contribution in [3.05, 3.63) is 36.5 Å². The van der Waals surface area contributed by atoms with E-state index in [2.05, 4.69) is 31.1 Å². The molecular formula is C17H21F3N6O2. The number of hydrogen-bond acceptors (Lipinski definition) is 6. The second-order valence-electron chi connectivity index (χ2n) is 6.96. The van der Waals surface area contributed by atoms with E-state index in [1.807, 2.05) is 24.1 Å². The number of aromatic nitrogens is 4. The average Bonchev–Trinajstić information content (AvgIpc) is 3.27. The maximum Gasteiger partial charge on any atom is 0.490 e. The van der Waals surface area contributed by atoms with Gasteiger partial charge in [0.05, 0.1) is 12.4 Å². The first-order valence-corrected chi connectivity index (χ1v) is 8.73. The van der Waals surface area contributed by atoms with Gasteiger partial charge in [-0.1, -0.05) is 0 Å². The Morgan fingerprint density at radius 1 is 1.25 bits per heavy atom. The lowest BCUT2D eigenvalue weighted by Gasteiger charge is -2.50. The van der Waals surface area contributed by atoms with Crippen molar-refractivity contribution < 1.29 is 23.1 Å². The summed E-state index contributed by atoms with van der Waals surface area (Å²) in [6, 6.07) is 0. The second-order valence-corrected chi connectivity index (χ2v) is 6.96. The fourth-order valence-electron chi connectivity index (χ4n) is 3.58. The van der Waals surface area contributed by atoms with E-state index in [-0.39, 0.29) is 0 Å². The molecule has 1 N–H and O–H groups in total. The van der Waals surface area contributed by atoms with Crippen molar-refractivity contribution >= 4 is 11.8 Å². The van der Waals surface area contributed by atoms with Gasteiger partial charge >= 0.3 is 12.1 Å². The maximum absolute atomic E-state index is 10.6. The molecule has 28 heavy (non-hydrogen) atoms. The molecule has 152 valence electrons. The SMILES string of the molecule is Cn1cc(CN2CCC23CCN(c2cnccn2)C3)cn1.O=C(O)C(F)(F)F. The minimum atomic E-state index is -5.08. The van der Waals surface area contributed by atoms with Gasteiger partial charge in [-0.05, 0) is 12.8 Å². The summed E-state index contributed by atoms with van der Waals surface area (Å²) < 4.78 is 33.6. The number of likely N-dealkylation sites (tertiary alicyclic amines) is 1. The third-order valence-electron chi connectivity index (χ3n) is 5.10. The van der Waals surface area contributed by atoms with Crippen LogP contribution in [0.25, 0.3) is 0 Å². The van der Waals surface area contributed by atoms with E-state index in [1.54, 1.807) is 12.4 Å². The van der Waals surface area contributed by atoms with Gasteiger partial charge in [-0.3, -0.25) is 14.6 Å². The summed E-state index contributed by atoms with van der Waals surface area (Å²) in [6.45, 7) is 4.32. The minimum Gasteiger partial charge on any atom is -0.475 e. The first-order chi connectivity index (χ1) is 13.2. The zero-order valence-electron chi connectivity index (χ0n) is 15.3. The van der Waals surface area contributed by atoms with Crippen LogP contribution in [0.15, 0.2) is 31.0 Å². The van der Waals surface area contributed by atoms with E-state index in [9.17, 15) is 13.2 Å². The van der Waals surface area contributed by atoms with E-state index < -0.39 is 12.1 Å². The molecule has 2 aliphatic heterocycles. The number of nitrogens with zero attached hydrogens (tertiary/aromatic N) is 6. The number of carbonyl (C=O) groups is 1. The molecule has 2 aliphatic rings. The molecule has 4 rings (SSSR count). The van der Waals surface area contributed by atoms with Crippen LogP contribution in [-0.4, -0.2) is 67.1 Å². The van der Waals surface area contributed by atoms with Crippen LogP contribution in [0.3, 0.4) is 0 Å². The highest BCUT2D eigenvalue weighted by atomic mass is 19.4. The summed E-state index contributed by atoms with van der Waals surface area (Å²) in [6.07, 6.45) is 6.86. The molecule has 0 aliphatic carbocycles. The van der Waals surface area contributed by atoms with Gasteiger partial charge in [-0.25, -0.2) is 9.78 Å². The highest BCUT2D eigenvalue weighted by molar-refractivity contribution is 5.73. The lowest BCUT2D eigenvalue weighted by molar-refractivity contribution is -0.192. The number of halogens is 3. The smallest absolute Gasteiger partial charge is 0.475 e. The number of rotatable bonds is 3. The molecule has 0 bridgehead atoms. The highest BCUT2D eigenvalue weighted by Gasteiger charge is 2.49. The fourth-order valence-corrected chi connectivity index (χ4v) is 3.58. The van der Waals surface area contributed by atoms with Crippen LogP contribution in [0.1, 0.15) is 18.4 Å². The largest absolute Gasteiger partial charge is 0.490 e. The Kier molecular flexibility index (Phi) is 5.54. The van der Waals surface area contributed by atoms with E-state index in [1.165, 1.54) is 24.9 Å². The summed E-state index contributed by atoms with van der Waals surface area (Å²) in [4.78, 5) is 22.5. The van der Waals surface area contributed by atoms with Crippen LogP contribution in [0.4, 0.5) is 19.0 Å². The van der Waals surface area contributed by atoms with Crippen LogP contribution in [0, 0.1) is 0 Å². The highest BCUT2D eigenvalue weighted by Crippen LogP contribution is 2.40. The number of anilines is 1. The van der Waals surface area contributed by atoms with Gasteiger partial charge in [-0.15, -0.1) is 0 Å². The lowest BCUT2D eigenvalue weighted by Crippen LogP contribution is -2.60. The number of alkyl halides is 3. The standard InChI is InChI=1S/C15H20N6.C2HF3O2/c1-19-10-13(8-18-19)11-21-7-3-15(21)2-6-20(12-15)14-9-16-4-5-17-14;3-2(4,5)1(6)7/h4-5,8-10H,2-3,6-7,11-12H2,1H3;(H,6,7). The number of hydrogen-bond donors (Lipinski definition) is 1. The first kappa shape index (κ1) is 20.1. The maximum atomic E-state index is 10.6. The molecule has 0 radical (unpaired) electrons. The normalized spacial score (nSPS) is 21.9. The van der Waals surface area contributed by atoms with Gasteiger partial charge in [0, 0.05) is 62.9 Å². The quantitative estimate of drug-likeness (QED) is 0.842. The van der Waals surface area contributed by atoms with Crippen molar-refractivity contribution in [1.29, 1.82) is 0 Å². The Hall–Kier alpha value is -2.69. The average molecular weight is 398 g/mol. The van der Waals surface area contributed by atoms with Gasteiger partial charge < -0.3 is 10.0 Å². The Bertz CT molecular complexity index is 813. The third kappa shape index (κ3) is 4.41. The molecule has 1 unspecified atom stereocenters. The van der Waals surface area contributed by atoms with Gasteiger partial charge in [0.1, 0.15) is 5.82 Å². The number of carboxylic acid groups (broad SMARTS) is 1. The van der Waals surface area contributed by atoms with Gasteiger partial charge in [0.2, 0.25) is 0 Å². The van der Waals surface area contributed by atoms with Crippen molar-refractivity contribution in [2.45, 2.75) is 31.1 Å². The number of carboxylic acids is 1. The Labute approximate surface area is 159 Å². The molecule has 11 heteroatoms. The summed E-state index contributed by atoms with van der Waals surface area (Å²) >= 11 is 0. The Morgan fingerprint density at radius 3 is 2.46 bits per heavy atom. The topological polar surface area (TPSA) is 87.4 Å². The Balaban J connectivity index is 0.000000279. The van der Waals surface area contributed by atoms with Gasteiger partial charge in [-0.2, -0.15) is 18.3 Å². The molecule has 4 heterocycles. The molecule has 2 fully saturated rings. The van der Waals surface area contributed by atoms with Crippen LogP contribution in [0.2, 0.25) is 0 Å². The van der Waals surface area contributed by atoms with E-state index in [4.69, 9.17) is 9.90 Å². The predicted molar refractivity (Wildman–Crippen MR) is 93.5 cm³/mol. The minimum absolute atomic E-state index is 0.327. The Morgan fingerprint density at radius 2 is 1.96 bits per heavy atom. The van der Waals surface area contributed by atoms with Crippen LogP contribution < -0.4 is 4.90 Å². The van der Waals surface area contributed by atoms with Crippen LogP contribution in [0.5, 0.6) is 0 Å². The van der Waals surface area contributed by atoms with Crippen molar-refractivity contribution in [3.63, 3.8) is 0 Å². The molecule has 2 aromatic rings. The monoisotopic (exact) mass is 398 g/mol. The van der Waals surface area contributed by atoms with E-state index in [0.29, 0.717) is 5.54 Å². The molecule has 1 atom stereocenters. The van der Waals surface area contributed by atoms with Crippen molar-refractivity contribution in [2.75, 3.05) is 24.5 Å². The van der Waals surface area contributed by atoms with Crippen LogP contribution >= 0.6 is 0 Å². The summed E-state index contributed by atoms with van der Waals surface area (Å²) in [5, 5.41) is 11.4. The third-order valence-corrected chi connectivity index (χ3v) is 5.10. The molecule has 1 spiro atoms. The van der Waals surface area contributed by atoms with Crippen molar-refractivity contribution in [2.24, 2.45) is 7.05 Å². The summed E-state index contributed by atoms with van der Waals surface area (Å²) in [5.41, 5.74) is 1.63. The van der Waals surface area contributed by atoms with E-state index >= 15 is 0 Å². The molecule has 0 aromatic carbocycles. The fraction of sp³-hybridized carbons (Fsp3) is 0.529. The van der Waals surface area contributed by atoms with Crippen molar-refractivity contribution in [3.8, 4) is 0 Å². The molecule has 0 saturated carbocycles.